The lowest BCUT2D eigenvalue weighted by molar-refractivity contribution is -0.140. The van der Waals surface area contributed by atoms with Crippen LogP contribution in [-0.2, 0) is 14.9 Å². The van der Waals surface area contributed by atoms with E-state index >= 15 is 0 Å². The summed E-state index contributed by atoms with van der Waals surface area (Å²) in [6.07, 6.45) is 6.54. The summed E-state index contributed by atoms with van der Waals surface area (Å²) in [7, 11) is 0. The molecule has 3 fully saturated rings. The second-order valence-corrected chi connectivity index (χ2v) is 7.72. The summed E-state index contributed by atoms with van der Waals surface area (Å²) in [6.45, 7) is 3.02. The third-order valence-corrected chi connectivity index (χ3v) is 6.42. The van der Waals surface area contributed by atoms with Crippen LogP contribution in [0.2, 0.25) is 0 Å². The fourth-order valence-corrected chi connectivity index (χ4v) is 4.99. The van der Waals surface area contributed by atoms with Crippen LogP contribution in [-0.4, -0.2) is 37.1 Å². The molecule has 4 heteroatoms. The average Bonchev–Trinajstić information content (AvgIpc) is 3.06. The van der Waals surface area contributed by atoms with Gasteiger partial charge in [-0.3, -0.25) is 4.79 Å². The molecule has 0 radical (unpaired) electrons. The first-order chi connectivity index (χ1) is 11.7. The largest absolute Gasteiger partial charge is 0.381 e. The molecule has 2 atom stereocenters. The molecule has 2 saturated heterocycles. The van der Waals surface area contributed by atoms with Crippen molar-refractivity contribution in [2.24, 2.45) is 11.8 Å². The first-order valence-corrected chi connectivity index (χ1v) is 9.32. The first-order valence-electron chi connectivity index (χ1n) is 9.32. The van der Waals surface area contributed by atoms with Gasteiger partial charge in [-0.1, -0.05) is 25.0 Å². The van der Waals surface area contributed by atoms with Crippen molar-refractivity contribution < 1.29 is 13.9 Å². The topological polar surface area (TPSA) is 29.5 Å². The van der Waals surface area contributed by atoms with E-state index in [1.807, 2.05) is 0 Å². The summed E-state index contributed by atoms with van der Waals surface area (Å²) in [4.78, 5) is 15.6. The monoisotopic (exact) mass is 331 g/mol. The molecule has 2 aliphatic heterocycles. The summed E-state index contributed by atoms with van der Waals surface area (Å²) in [5.74, 6) is 1.37. The van der Waals surface area contributed by atoms with E-state index in [0.717, 1.165) is 18.7 Å². The zero-order valence-corrected chi connectivity index (χ0v) is 14.2. The van der Waals surface area contributed by atoms with E-state index < -0.39 is 5.41 Å². The average molecular weight is 331 g/mol. The molecule has 130 valence electrons. The van der Waals surface area contributed by atoms with Gasteiger partial charge in [-0.05, 0) is 55.2 Å². The number of ether oxygens (including phenoxy) is 1. The highest BCUT2D eigenvalue weighted by Crippen LogP contribution is 2.41. The van der Waals surface area contributed by atoms with E-state index in [4.69, 9.17) is 4.74 Å². The predicted octanol–water partition coefficient (Wildman–Crippen LogP) is 3.52. The second-order valence-electron chi connectivity index (χ2n) is 7.72. The normalized spacial score (nSPS) is 29.3. The zero-order chi connectivity index (χ0) is 16.6. The lowest BCUT2D eigenvalue weighted by atomic mass is 9.73. The van der Waals surface area contributed by atoms with Gasteiger partial charge < -0.3 is 9.64 Å². The molecule has 4 rings (SSSR count). The van der Waals surface area contributed by atoms with Crippen LogP contribution >= 0.6 is 0 Å². The molecule has 2 heterocycles. The molecule has 0 bridgehead atoms. The number of rotatable bonds is 2. The van der Waals surface area contributed by atoms with Crippen molar-refractivity contribution in [2.75, 3.05) is 26.3 Å². The van der Waals surface area contributed by atoms with E-state index in [1.165, 1.54) is 37.8 Å². The number of fused-ring (bicyclic) bond motifs is 1. The number of likely N-dealkylation sites (tertiary alicyclic amines) is 1. The molecule has 1 aromatic rings. The van der Waals surface area contributed by atoms with Crippen molar-refractivity contribution in [3.05, 3.63) is 35.6 Å². The molecular formula is C20H26FNO2. The number of hydrogen-bond acceptors (Lipinski definition) is 2. The van der Waals surface area contributed by atoms with Gasteiger partial charge in [0, 0.05) is 26.3 Å². The quantitative estimate of drug-likeness (QED) is 0.830. The van der Waals surface area contributed by atoms with Crippen LogP contribution in [0.3, 0.4) is 0 Å². The van der Waals surface area contributed by atoms with Gasteiger partial charge in [-0.2, -0.15) is 0 Å². The lowest BCUT2D eigenvalue weighted by Gasteiger charge is -2.39. The Bertz CT molecular complexity index is 580. The number of nitrogens with zero attached hydrogens (tertiary/aromatic N) is 1. The molecule has 3 aliphatic rings. The second kappa shape index (κ2) is 6.47. The zero-order valence-electron chi connectivity index (χ0n) is 14.2. The predicted molar refractivity (Wildman–Crippen MR) is 90.2 cm³/mol. The van der Waals surface area contributed by atoms with Crippen LogP contribution in [0.4, 0.5) is 4.39 Å². The molecule has 1 saturated carbocycles. The first kappa shape index (κ1) is 16.1. The van der Waals surface area contributed by atoms with Crippen molar-refractivity contribution in [1.82, 2.24) is 4.90 Å². The van der Waals surface area contributed by atoms with Gasteiger partial charge in [0.05, 0.1) is 5.41 Å². The van der Waals surface area contributed by atoms with Crippen molar-refractivity contribution >= 4 is 5.91 Å². The molecule has 3 nitrogen and oxygen atoms in total. The van der Waals surface area contributed by atoms with Crippen molar-refractivity contribution in [2.45, 2.75) is 43.9 Å². The van der Waals surface area contributed by atoms with E-state index in [1.54, 1.807) is 12.1 Å². The van der Waals surface area contributed by atoms with Gasteiger partial charge in [0.25, 0.3) is 0 Å². The maximum atomic E-state index is 13.5. The summed E-state index contributed by atoms with van der Waals surface area (Å²) >= 11 is 0. The Hall–Kier alpha value is -1.42. The fourth-order valence-electron chi connectivity index (χ4n) is 4.99. The Morgan fingerprint density at radius 1 is 1.04 bits per heavy atom. The van der Waals surface area contributed by atoms with Crippen LogP contribution in [0.25, 0.3) is 0 Å². The third-order valence-electron chi connectivity index (χ3n) is 6.42. The van der Waals surface area contributed by atoms with Crippen LogP contribution in [0.5, 0.6) is 0 Å². The van der Waals surface area contributed by atoms with Crippen LogP contribution in [0, 0.1) is 17.7 Å². The molecule has 2 unspecified atom stereocenters. The highest BCUT2D eigenvalue weighted by atomic mass is 19.1. The Balaban J connectivity index is 1.61. The highest BCUT2D eigenvalue weighted by molar-refractivity contribution is 5.88. The number of halogens is 1. The molecule has 0 N–H and O–H groups in total. The number of carbonyl (C=O) groups is 1. The number of amides is 1. The highest BCUT2D eigenvalue weighted by Gasteiger charge is 2.47. The van der Waals surface area contributed by atoms with Crippen molar-refractivity contribution in [1.29, 1.82) is 0 Å². The molecular weight excluding hydrogens is 305 g/mol. The minimum absolute atomic E-state index is 0.242. The van der Waals surface area contributed by atoms with Gasteiger partial charge in [0.15, 0.2) is 0 Å². The number of benzene rings is 1. The van der Waals surface area contributed by atoms with E-state index in [2.05, 4.69) is 4.90 Å². The summed E-state index contributed by atoms with van der Waals surface area (Å²) in [6, 6.07) is 6.54. The van der Waals surface area contributed by atoms with Crippen LogP contribution in [0.15, 0.2) is 24.3 Å². The van der Waals surface area contributed by atoms with E-state index in [-0.39, 0.29) is 11.7 Å². The fraction of sp³-hybridized carbons (Fsp3) is 0.650. The standard InChI is InChI=1S/C20H26FNO2/c21-18-7-5-17(6-8-18)20(9-11-24-12-10-20)19(23)22-13-15-3-1-2-4-16(15)14-22/h5-8,15-16H,1-4,9-14H2. The summed E-state index contributed by atoms with van der Waals surface area (Å²) in [5, 5.41) is 0. The molecule has 1 amide bonds. The SMILES string of the molecule is O=C(N1CC2CCCCC2C1)C1(c2ccc(F)cc2)CCOCC1. The molecule has 0 spiro atoms. The van der Waals surface area contributed by atoms with Gasteiger partial charge in [0.2, 0.25) is 5.91 Å². The molecule has 1 aromatic carbocycles. The number of hydrogen-bond donors (Lipinski definition) is 0. The lowest BCUT2D eigenvalue weighted by Crippen LogP contribution is -2.49. The van der Waals surface area contributed by atoms with Crippen molar-refractivity contribution in [3.63, 3.8) is 0 Å². The van der Waals surface area contributed by atoms with Crippen molar-refractivity contribution in [3.8, 4) is 0 Å². The van der Waals surface area contributed by atoms with Crippen LogP contribution in [0.1, 0.15) is 44.1 Å². The van der Waals surface area contributed by atoms with Gasteiger partial charge in [-0.15, -0.1) is 0 Å². The Morgan fingerprint density at radius 2 is 1.62 bits per heavy atom. The molecule has 0 aromatic heterocycles. The van der Waals surface area contributed by atoms with Gasteiger partial charge >= 0.3 is 0 Å². The maximum Gasteiger partial charge on any atom is 0.233 e. The Kier molecular flexibility index (Phi) is 4.33. The van der Waals surface area contributed by atoms with Gasteiger partial charge in [0.1, 0.15) is 5.82 Å². The number of carbonyl (C=O) groups excluding carboxylic acids is 1. The minimum Gasteiger partial charge on any atom is -0.381 e. The van der Waals surface area contributed by atoms with E-state index in [0.29, 0.717) is 37.9 Å². The smallest absolute Gasteiger partial charge is 0.233 e. The minimum atomic E-state index is -0.528. The summed E-state index contributed by atoms with van der Waals surface area (Å²) in [5.41, 5.74) is 0.423. The Morgan fingerprint density at radius 3 is 2.21 bits per heavy atom. The summed E-state index contributed by atoms with van der Waals surface area (Å²) < 4.78 is 18.9. The molecule has 1 aliphatic carbocycles. The molecule has 24 heavy (non-hydrogen) atoms. The maximum absolute atomic E-state index is 13.5. The third kappa shape index (κ3) is 2.75. The van der Waals surface area contributed by atoms with E-state index in [9.17, 15) is 9.18 Å². The van der Waals surface area contributed by atoms with Gasteiger partial charge in [-0.25, -0.2) is 4.39 Å². The van der Waals surface area contributed by atoms with Crippen LogP contribution < -0.4 is 0 Å². The Labute approximate surface area is 143 Å².